The summed E-state index contributed by atoms with van der Waals surface area (Å²) in [7, 11) is -3.57. The van der Waals surface area contributed by atoms with Crippen LogP contribution in [-0.4, -0.2) is 65.5 Å². The molecule has 3 heterocycles. The van der Waals surface area contributed by atoms with E-state index in [0.717, 1.165) is 19.3 Å². The van der Waals surface area contributed by atoms with Crippen LogP contribution >= 0.6 is 0 Å². The number of carbonyl (C=O) groups is 2. The highest BCUT2D eigenvalue weighted by molar-refractivity contribution is 7.86. The third-order valence-corrected chi connectivity index (χ3v) is 9.16. The zero-order chi connectivity index (χ0) is 18.8. The molecule has 4 fully saturated rings. The largest absolute Gasteiger partial charge is 0.282 e. The number of hydrogen-bond acceptors (Lipinski definition) is 4. The number of carbonyl (C=O) groups excluding carboxylic acids is 2. The number of amides is 2. The molecule has 2 amide bonds. The number of hydrogen-bond donors (Lipinski definition) is 0. The van der Waals surface area contributed by atoms with Gasteiger partial charge in [-0.05, 0) is 31.1 Å². The Hall–Kier alpha value is -0.990. The molecule has 146 valence electrons. The Morgan fingerprint density at radius 1 is 1.00 bits per heavy atom. The van der Waals surface area contributed by atoms with Crippen molar-refractivity contribution in [2.75, 3.05) is 19.6 Å². The van der Waals surface area contributed by atoms with Crippen LogP contribution < -0.4 is 0 Å². The maximum atomic E-state index is 13.1. The van der Waals surface area contributed by atoms with Crippen molar-refractivity contribution in [2.24, 2.45) is 23.7 Å². The Morgan fingerprint density at radius 2 is 1.62 bits per heavy atom. The highest BCUT2D eigenvalue weighted by atomic mass is 32.2. The molecule has 0 spiro atoms. The Balaban J connectivity index is 1.58. The Morgan fingerprint density at radius 3 is 2.19 bits per heavy atom. The Kier molecular flexibility index (Phi) is 4.44. The molecule has 0 radical (unpaired) electrons. The van der Waals surface area contributed by atoms with E-state index in [2.05, 4.69) is 0 Å². The smallest absolute Gasteiger partial charge is 0.277 e. The molecule has 4 rings (SSSR count). The van der Waals surface area contributed by atoms with Gasteiger partial charge in [0.05, 0.1) is 18.0 Å². The van der Waals surface area contributed by atoms with E-state index < -0.39 is 22.2 Å². The van der Waals surface area contributed by atoms with Gasteiger partial charge in [0.15, 0.2) is 0 Å². The van der Waals surface area contributed by atoms with Gasteiger partial charge in [-0.15, -0.1) is 0 Å². The first kappa shape index (κ1) is 18.4. The number of imide groups is 1. The van der Waals surface area contributed by atoms with E-state index in [-0.39, 0.29) is 23.8 Å². The van der Waals surface area contributed by atoms with Gasteiger partial charge >= 0.3 is 0 Å². The molecule has 1 saturated carbocycles. The zero-order valence-electron chi connectivity index (χ0n) is 15.8. The minimum atomic E-state index is -3.57. The first-order chi connectivity index (χ1) is 12.3. The van der Waals surface area contributed by atoms with Crippen LogP contribution in [0.5, 0.6) is 0 Å². The van der Waals surface area contributed by atoms with Gasteiger partial charge in [-0.2, -0.15) is 17.0 Å². The van der Waals surface area contributed by atoms with Crippen LogP contribution in [0.3, 0.4) is 0 Å². The molecule has 0 N–H and O–H groups in total. The number of piperidine rings is 1. The fourth-order valence-electron chi connectivity index (χ4n) is 5.22. The van der Waals surface area contributed by atoms with Crippen molar-refractivity contribution in [1.82, 2.24) is 13.5 Å². The van der Waals surface area contributed by atoms with E-state index in [9.17, 15) is 18.0 Å². The van der Waals surface area contributed by atoms with Crippen LogP contribution in [0.2, 0.25) is 0 Å². The number of nitrogens with zero attached hydrogens (tertiary/aromatic N) is 3. The topological polar surface area (TPSA) is 78.0 Å². The zero-order valence-corrected chi connectivity index (χ0v) is 16.6. The Bertz CT molecular complexity index is 710. The van der Waals surface area contributed by atoms with E-state index in [1.165, 1.54) is 9.21 Å². The lowest BCUT2D eigenvalue weighted by Gasteiger charge is -2.33. The molecule has 7 nitrogen and oxygen atoms in total. The lowest BCUT2D eigenvalue weighted by molar-refractivity contribution is -0.146. The molecule has 6 atom stereocenters. The van der Waals surface area contributed by atoms with E-state index in [1.54, 1.807) is 11.2 Å². The van der Waals surface area contributed by atoms with Crippen molar-refractivity contribution in [3.05, 3.63) is 0 Å². The predicted molar refractivity (Wildman–Crippen MR) is 96.1 cm³/mol. The first-order valence-corrected chi connectivity index (χ1v) is 11.3. The first-order valence-electron chi connectivity index (χ1n) is 9.90. The van der Waals surface area contributed by atoms with Crippen molar-refractivity contribution in [1.29, 1.82) is 0 Å². The van der Waals surface area contributed by atoms with Crippen LogP contribution in [-0.2, 0) is 19.8 Å². The summed E-state index contributed by atoms with van der Waals surface area (Å²) < 4.78 is 29.4. The van der Waals surface area contributed by atoms with Gasteiger partial charge in [0.1, 0.15) is 0 Å². The predicted octanol–water partition coefficient (Wildman–Crippen LogP) is 1.07. The molecule has 4 aliphatic rings. The molecule has 0 aromatic rings. The average molecular weight is 384 g/mol. The number of likely N-dealkylation sites (tertiary alicyclic amines) is 1. The van der Waals surface area contributed by atoms with Crippen molar-refractivity contribution < 1.29 is 18.0 Å². The van der Waals surface area contributed by atoms with Gasteiger partial charge in [0.2, 0.25) is 11.8 Å². The van der Waals surface area contributed by atoms with Crippen LogP contribution in [0.25, 0.3) is 0 Å². The summed E-state index contributed by atoms with van der Waals surface area (Å²) in [5.41, 5.74) is 0. The second-order valence-electron chi connectivity index (χ2n) is 8.50. The van der Waals surface area contributed by atoms with Gasteiger partial charge < -0.3 is 0 Å². The maximum Gasteiger partial charge on any atom is 0.282 e. The molecule has 8 heteroatoms. The van der Waals surface area contributed by atoms with E-state index in [1.807, 2.05) is 13.8 Å². The summed E-state index contributed by atoms with van der Waals surface area (Å²) in [6.45, 7) is 7.35. The fourth-order valence-corrected chi connectivity index (χ4v) is 7.21. The van der Waals surface area contributed by atoms with Gasteiger partial charge in [-0.25, -0.2) is 0 Å². The van der Waals surface area contributed by atoms with Crippen molar-refractivity contribution in [2.45, 2.75) is 58.5 Å². The molecule has 3 aliphatic heterocycles. The van der Waals surface area contributed by atoms with Crippen molar-refractivity contribution >= 4 is 22.0 Å². The summed E-state index contributed by atoms with van der Waals surface area (Å²) in [6.07, 6.45) is 3.39. The highest BCUT2D eigenvalue weighted by Crippen LogP contribution is 2.49. The van der Waals surface area contributed by atoms with E-state index >= 15 is 0 Å². The molecular formula is C18H29N3O4S. The second kappa shape index (κ2) is 6.27. The van der Waals surface area contributed by atoms with E-state index in [0.29, 0.717) is 37.9 Å². The minimum absolute atomic E-state index is 0.0855. The van der Waals surface area contributed by atoms with Gasteiger partial charge in [-0.1, -0.05) is 27.2 Å². The standard InChI is InChI=1S/C18H29N3O4S/c1-11-12(2)15(11)18(23)21-14-7-10-20(16(14)13(3)17(21)22)26(24,25)19-8-5-4-6-9-19/h11-16H,4-10H2,1-3H3/t11-,12+,13-,14-,15?,16+/m0/s1. The SMILES string of the molecule is C[C@@H]1C(=O)N(C(=O)C2[C@@H](C)[C@H]2C)[C@H]2CCN(S(=O)(=O)N3CCCCC3)[C@H]12. The molecular weight excluding hydrogens is 354 g/mol. The highest BCUT2D eigenvalue weighted by Gasteiger charge is 2.60. The molecule has 1 aliphatic carbocycles. The lowest BCUT2D eigenvalue weighted by atomic mass is 10.0. The van der Waals surface area contributed by atoms with Crippen LogP contribution in [0.15, 0.2) is 0 Å². The molecule has 0 bridgehead atoms. The number of fused-ring (bicyclic) bond motifs is 1. The van der Waals surface area contributed by atoms with Gasteiger partial charge in [0.25, 0.3) is 10.2 Å². The van der Waals surface area contributed by atoms with Crippen LogP contribution in [0, 0.1) is 23.7 Å². The van der Waals surface area contributed by atoms with Crippen molar-refractivity contribution in [3.8, 4) is 0 Å². The quantitative estimate of drug-likeness (QED) is 0.683. The summed E-state index contributed by atoms with van der Waals surface area (Å²) in [4.78, 5) is 27.2. The van der Waals surface area contributed by atoms with Crippen molar-refractivity contribution in [3.63, 3.8) is 0 Å². The fraction of sp³-hybridized carbons (Fsp3) is 0.889. The molecule has 0 aromatic carbocycles. The van der Waals surface area contributed by atoms with Gasteiger partial charge in [-0.3, -0.25) is 14.5 Å². The minimum Gasteiger partial charge on any atom is -0.277 e. The molecule has 0 aromatic heterocycles. The van der Waals surface area contributed by atoms with Gasteiger partial charge in [0, 0.05) is 25.6 Å². The molecule has 26 heavy (non-hydrogen) atoms. The second-order valence-corrected chi connectivity index (χ2v) is 10.4. The monoisotopic (exact) mass is 383 g/mol. The summed E-state index contributed by atoms with van der Waals surface area (Å²) in [6, 6.07) is -0.715. The molecule has 3 saturated heterocycles. The summed E-state index contributed by atoms with van der Waals surface area (Å²) in [5, 5.41) is 0. The van der Waals surface area contributed by atoms with Crippen LogP contribution in [0.1, 0.15) is 46.5 Å². The lowest BCUT2D eigenvalue weighted by Crippen LogP contribution is -2.50. The van der Waals surface area contributed by atoms with Crippen LogP contribution in [0.4, 0.5) is 0 Å². The third kappa shape index (κ3) is 2.56. The summed E-state index contributed by atoms with van der Waals surface area (Å²) in [5.74, 6) is -0.229. The normalized spacial score (nSPS) is 41.5. The Labute approximate surface area is 155 Å². The molecule has 1 unspecified atom stereocenters. The summed E-state index contributed by atoms with van der Waals surface area (Å²) >= 11 is 0. The maximum absolute atomic E-state index is 13.1. The average Bonchev–Trinajstić information content (AvgIpc) is 2.96. The number of rotatable bonds is 3. The van der Waals surface area contributed by atoms with E-state index in [4.69, 9.17) is 0 Å². The third-order valence-electron chi connectivity index (χ3n) is 7.12.